The highest BCUT2D eigenvalue weighted by molar-refractivity contribution is 6.01. The molecule has 0 radical (unpaired) electrons. The number of carbonyl (C=O) groups is 2. The number of pyridine rings is 1. The van der Waals surface area contributed by atoms with Crippen LogP contribution in [0.1, 0.15) is 55.9 Å². The van der Waals surface area contributed by atoms with Crippen molar-refractivity contribution in [2.24, 2.45) is 0 Å². The number of hydrogen-bond donors (Lipinski definition) is 1. The molecule has 0 unspecified atom stereocenters. The highest BCUT2D eigenvalue weighted by Gasteiger charge is 2.43. The van der Waals surface area contributed by atoms with Gasteiger partial charge >= 0.3 is 18.1 Å². The zero-order valence-corrected chi connectivity index (χ0v) is 21.6. The third kappa shape index (κ3) is 5.92. The second kappa shape index (κ2) is 10.9. The Kier molecular flexibility index (Phi) is 8.01. The summed E-state index contributed by atoms with van der Waals surface area (Å²) < 4.78 is 78.8. The molecule has 1 N–H and O–H groups in total. The summed E-state index contributed by atoms with van der Waals surface area (Å²) >= 11 is 0. The molecule has 212 valence electrons. The molecule has 0 spiro atoms. The molecule has 0 amide bonds. The topological polar surface area (TPSA) is 89.9 Å². The first-order valence-corrected chi connectivity index (χ1v) is 12.5. The number of nitrogens with one attached hydrogen (secondary N) is 1. The molecule has 39 heavy (non-hydrogen) atoms. The van der Waals surface area contributed by atoms with Crippen LogP contribution in [0, 0.1) is 5.82 Å². The van der Waals surface area contributed by atoms with Gasteiger partial charge in [0.05, 0.1) is 18.0 Å². The summed E-state index contributed by atoms with van der Waals surface area (Å²) in [7, 11) is 1.29. The van der Waals surface area contributed by atoms with E-state index in [4.69, 9.17) is 4.74 Å². The van der Waals surface area contributed by atoms with Crippen molar-refractivity contribution in [3.8, 4) is 5.75 Å². The SMILES string of the molecule is COc1c(N2CCC(=C(F)CNC(C)C)CC2)c(F)cc2c(=O)c(C(=O)OC(=O)C(F)(F)F)cn(C3CC3)c12. The molecule has 1 aliphatic carbocycles. The molecule has 2 aliphatic rings. The lowest BCUT2D eigenvalue weighted by atomic mass is 10.0. The maximum Gasteiger partial charge on any atom is 0.491 e. The van der Waals surface area contributed by atoms with Crippen LogP contribution in [0.4, 0.5) is 27.6 Å². The van der Waals surface area contributed by atoms with E-state index >= 15 is 4.39 Å². The number of rotatable bonds is 7. The Morgan fingerprint density at radius 1 is 1.18 bits per heavy atom. The van der Waals surface area contributed by atoms with Crippen molar-refractivity contribution in [3.05, 3.63) is 45.3 Å². The van der Waals surface area contributed by atoms with Gasteiger partial charge in [-0.3, -0.25) is 4.79 Å². The molecule has 0 atom stereocenters. The van der Waals surface area contributed by atoms with Gasteiger partial charge in [-0.05, 0) is 37.3 Å². The van der Waals surface area contributed by atoms with Crippen LogP contribution in [0.2, 0.25) is 0 Å². The number of benzene rings is 1. The molecule has 2 aromatic rings. The first-order chi connectivity index (χ1) is 18.3. The van der Waals surface area contributed by atoms with Gasteiger partial charge in [0.2, 0.25) is 5.43 Å². The van der Waals surface area contributed by atoms with Crippen LogP contribution in [-0.2, 0) is 9.53 Å². The van der Waals surface area contributed by atoms with Crippen molar-refractivity contribution < 1.29 is 41.0 Å². The summed E-state index contributed by atoms with van der Waals surface area (Å²) in [6.07, 6.45) is -2.47. The number of halogens is 5. The van der Waals surface area contributed by atoms with Gasteiger partial charge in [-0.25, -0.2) is 18.4 Å². The normalized spacial score (nSPS) is 16.1. The number of fused-ring (bicyclic) bond motifs is 1. The van der Waals surface area contributed by atoms with E-state index in [2.05, 4.69) is 10.1 Å². The number of aromatic nitrogens is 1. The quantitative estimate of drug-likeness (QED) is 0.304. The van der Waals surface area contributed by atoms with E-state index in [0.717, 1.165) is 12.3 Å². The third-order valence-corrected chi connectivity index (χ3v) is 6.71. The highest BCUT2D eigenvalue weighted by Crippen LogP contribution is 2.44. The van der Waals surface area contributed by atoms with Crippen LogP contribution in [-0.4, -0.2) is 55.5 Å². The lowest BCUT2D eigenvalue weighted by Gasteiger charge is -2.32. The Balaban J connectivity index is 1.74. The molecule has 2 heterocycles. The molecule has 1 aliphatic heterocycles. The number of nitrogens with zero attached hydrogens (tertiary/aromatic N) is 2. The Labute approximate surface area is 220 Å². The van der Waals surface area contributed by atoms with Crippen molar-refractivity contribution in [1.82, 2.24) is 9.88 Å². The van der Waals surface area contributed by atoms with E-state index in [1.807, 2.05) is 13.8 Å². The van der Waals surface area contributed by atoms with Gasteiger partial charge in [0.15, 0.2) is 11.6 Å². The standard InChI is InChI=1S/C26H28F5N3O5/c1-13(2)32-11-19(28)14-6-8-33(9-7-14)21-18(27)10-16-20(23(21)38-3)34(15-4-5-15)12-17(22(16)35)24(36)39-25(37)26(29,30)31/h10,12-13,15,32H,4-9,11H2,1-3H3. The number of ether oxygens (including phenoxy) is 2. The van der Waals surface area contributed by atoms with Crippen molar-refractivity contribution in [2.75, 3.05) is 31.6 Å². The van der Waals surface area contributed by atoms with Gasteiger partial charge < -0.3 is 24.3 Å². The fourth-order valence-electron chi connectivity index (χ4n) is 4.60. The zero-order valence-electron chi connectivity index (χ0n) is 21.6. The highest BCUT2D eigenvalue weighted by atomic mass is 19.4. The van der Waals surface area contributed by atoms with E-state index in [-0.39, 0.29) is 59.9 Å². The van der Waals surface area contributed by atoms with Gasteiger partial charge in [-0.1, -0.05) is 13.8 Å². The molecular formula is C26H28F5N3O5. The van der Waals surface area contributed by atoms with Crippen LogP contribution >= 0.6 is 0 Å². The monoisotopic (exact) mass is 557 g/mol. The largest absolute Gasteiger partial charge is 0.492 e. The van der Waals surface area contributed by atoms with Gasteiger partial charge in [0, 0.05) is 37.9 Å². The molecular weight excluding hydrogens is 529 g/mol. The van der Waals surface area contributed by atoms with Crippen LogP contribution in [0.5, 0.6) is 5.75 Å². The fraction of sp³-hybridized carbons (Fsp3) is 0.500. The number of carbonyl (C=O) groups excluding carboxylic acids is 2. The summed E-state index contributed by atoms with van der Waals surface area (Å²) in [5, 5.41) is 2.72. The van der Waals surface area contributed by atoms with Gasteiger partial charge in [-0.2, -0.15) is 13.2 Å². The molecule has 13 heteroatoms. The molecule has 1 saturated heterocycles. The number of alkyl halides is 3. The van der Waals surface area contributed by atoms with Crippen molar-refractivity contribution in [2.45, 2.75) is 57.8 Å². The second-order valence-electron chi connectivity index (χ2n) is 9.85. The number of esters is 2. The predicted octanol–water partition coefficient (Wildman–Crippen LogP) is 4.55. The fourth-order valence-corrected chi connectivity index (χ4v) is 4.60. The molecule has 8 nitrogen and oxygen atoms in total. The summed E-state index contributed by atoms with van der Waals surface area (Å²) in [5.41, 5.74) is -1.09. The van der Waals surface area contributed by atoms with E-state index < -0.39 is 34.9 Å². The minimum Gasteiger partial charge on any atom is -0.492 e. The Bertz CT molecular complexity index is 1390. The van der Waals surface area contributed by atoms with Gasteiger partial charge in [-0.15, -0.1) is 0 Å². The number of hydrogen-bond acceptors (Lipinski definition) is 7. The Morgan fingerprint density at radius 2 is 1.82 bits per heavy atom. The smallest absolute Gasteiger partial charge is 0.491 e. The summed E-state index contributed by atoms with van der Waals surface area (Å²) in [5.74, 6) is -5.65. The molecule has 4 rings (SSSR count). The van der Waals surface area contributed by atoms with Crippen molar-refractivity contribution in [3.63, 3.8) is 0 Å². The summed E-state index contributed by atoms with van der Waals surface area (Å²) in [6, 6.07) is 0.780. The second-order valence-corrected chi connectivity index (χ2v) is 9.85. The molecule has 1 aromatic heterocycles. The lowest BCUT2D eigenvalue weighted by Crippen LogP contribution is -2.33. The Morgan fingerprint density at radius 3 is 2.36 bits per heavy atom. The van der Waals surface area contributed by atoms with Crippen molar-refractivity contribution >= 4 is 28.5 Å². The number of piperidine rings is 1. The average molecular weight is 558 g/mol. The van der Waals surface area contributed by atoms with Crippen LogP contribution < -0.4 is 20.4 Å². The third-order valence-electron chi connectivity index (χ3n) is 6.71. The first kappa shape index (κ1) is 28.5. The van der Waals surface area contributed by atoms with Crippen LogP contribution in [0.25, 0.3) is 10.9 Å². The van der Waals surface area contributed by atoms with E-state index in [9.17, 15) is 31.9 Å². The zero-order chi connectivity index (χ0) is 28.6. The van der Waals surface area contributed by atoms with E-state index in [0.29, 0.717) is 31.3 Å². The van der Waals surface area contributed by atoms with Crippen molar-refractivity contribution in [1.29, 1.82) is 0 Å². The summed E-state index contributed by atoms with van der Waals surface area (Å²) in [4.78, 5) is 38.3. The molecule has 2 fully saturated rings. The molecule has 1 aromatic carbocycles. The van der Waals surface area contributed by atoms with Gasteiger partial charge in [0.25, 0.3) is 0 Å². The lowest BCUT2D eigenvalue weighted by molar-refractivity contribution is -0.193. The first-order valence-electron chi connectivity index (χ1n) is 12.5. The number of methoxy groups -OCH3 is 1. The van der Waals surface area contributed by atoms with E-state index in [1.165, 1.54) is 11.7 Å². The molecule has 0 bridgehead atoms. The minimum atomic E-state index is -5.44. The predicted molar refractivity (Wildman–Crippen MR) is 132 cm³/mol. The Hall–Kier alpha value is -3.48. The summed E-state index contributed by atoms with van der Waals surface area (Å²) in [6.45, 7) is 4.48. The average Bonchev–Trinajstić information content (AvgIpc) is 3.72. The minimum absolute atomic E-state index is 0.00895. The van der Waals surface area contributed by atoms with E-state index in [1.54, 1.807) is 4.90 Å². The maximum atomic E-state index is 15.6. The number of anilines is 1. The molecule has 1 saturated carbocycles. The maximum absolute atomic E-state index is 15.6. The van der Waals surface area contributed by atoms with Gasteiger partial charge in [0.1, 0.15) is 17.1 Å². The van der Waals surface area contributed by atoms with Crippen LogP contribution in [0.3, 0.4) is 0 Å². The van der Waals surface area contributed by atoms with Crippen LogP contribution in [0.15, 0.2) is 28.5 Å².